The SMILES string of the molecule is CC(=O)c1ccc2c(c1)C(c1ccccc1F)=NCc1nc(C)cn1-2. The average molecular weight is 333 g/mol. The van der Waals surface area contributed by atoms with E-state index in [-0.39, 0.29) is 11.6 Å². The van der Waals surface area contributed by atoms with Crippen molar-refractivity contribution in [3.63, 3.8) is 0 Å². The van der Waals surface area contributed by atoms with E-state index in [1.54, 1.807) is 30.3 Å². The fourth-order valence-corrected chi connectivity index (χ4v) is 3.14. The fourth-order valence-electron chi connectivity index (χ4n) is 3.14. The zero-order valence-corrected chi connectivity index (χ0v) is 14.0. The number of nitrogens with zero attached hydrogens (tertiary/aromatic N) is 3. The Labute approximate surface area is 144 Å². The van der Waals surface area contributed by atoms with Gasteiger partial charge in [0.1, 0.15) is 11.6 Å². The molecule has 0 amide bonds. The predicted octanol–water partition coefficient (Wildman–Crippen LogP) is 3.87. The highest BCUT2D eigenvalue weighted by Gasteiger charge is 2.22. The molecule has 0 saturated carbocycles. The van der Waals surface area contributed by atoms with E-state index in [0.29, 0.717) is 23.4 Å². The molecule has 1 aromatic heterocycles. The highest BCUT2D eigenvalue weighted by Crippen LogP contribution is 2.27. The smallest absolute Gasteiger partial charge is 0.159 e. The molecule has 0 saturated heterocycles. The number of carbonyl (C=O) groups excluding carboxylic acids is 1. The molecule has 0 aliphatic carbocycles. The Kier molecular flexibility index (Phi) is 3.57. The molecule has 124 valence electrons. The Morgan fingerprint density at radius 1 is 1.16 bits per heavy atom. The van der Waals surface area contributed by atoms with E-state index in [1.165, 1.54) is 13.0 Å². The zero-order chi connectivity index (χ0) is 17.6. The second-order valence-corrected chi connectivity index (χ2v) is 6.10. The van der Waals surface area contributed by atoms with E-state index >= 15 is 0 Å². The van der Waals surface area contributed by atoms with Gasteiger partial charge in [-0.3, -0.25) is 9.79 Å². The van der Waals surface area contributed by atoms with Crippen molar-refractivity contribution in [3.8, 4) is 5.69 Å². The van der Waals surface area contributed by atoms with Crippen LogP contribution in [-0.2, 0) is 6.54 Å². The summed E-state index contributed by atoms with van der Waals surface area (Å²) in [6.07, 6.45) is 1.93. The van der Waals surface area contributed by atoms with Gasteiger partial charge in [-0.25, -0.2) is 9.37 Å². The first-order chi connectivity index (χ1) is 12.0. The minimum atomic E-state index is -0.337. The molecule has 0 atom stereocenters. The molecular weight excluding hydrogens is 317 g/mol. The molecule has 5 heteroatoms. The number of fused-ring (bicyclic) bond motifs is 3. The molecule has 4 rings (SSSR count). The van der Waals surface area contributed by atoms with Crippen LogP contribution in [0.15, 0.2) is 53.7 Å². The third-order valence-electron chi connectivity index (χ3n) is 4.32. The number of aryl methyl sites for hydroxylation is 1. The number of rotatable bonds is 2. The van der Waals surface area contributed by atoms with Crippen molar-refractivity contribution in [2.75, 3.05) is 0 Å². The van der Waals surface area contributed by atoms with E-state index in [0.717, 1.165) is 22.8 Å². The molecule has 1 aliphatic heterocycles. The molecule has 0 unspecified atom stereocenters. The highest BCUT2D eigenvalue weighted by atomic mass is 19.1. The second kappa shape index (κ2) is 5.77. The van der Waals surface area contributed by atoms with Gasteiger partial charge in [-0.05, 0) is 44.2 Å². The summed E-state index contributed by atoms with van der Waals surface area (Å²) in [5.74, 6) is 0.416. The van der Waals surface area contributed by atoms with Gasteiger partial charge in [-0.15, -0.1) is 0 Å². The number of hydrogen-bond donors (Lipinski definition) is 0. The molecular formula is C20H16FN3O. The number of Topliss-reactive ketones (excluding diaryl/α,β-unsaturated/α-hetero) is 1. The lowest BCUT2D eigenvalue weighted by molar-refractivity contribution is 0.101. The van der Waals surface area contributed by atoms with Crippen molar-refractivity contribution in [3.05, 3.63) is 82.7 Å². The van der Waals surface area contributed by atoms with Crippen molar-refractivity contribution in [2.45, 2.75) is 20.4 Å². The number of carbonyl (C=O) groups is 1. The maximum absolute atomic E-state index is 14.4. The quantitative estimate of drug-likeness (QED) is 0.668. The monoisotopic (exact) mass is 333 g/mol. The van der Waals surface area contributed by atoms with Crippen molar-refractivity contribution < 1.29 is 9.18 Å². The molecule has 3 aromatic rings. The number of aromatic nitrogens is 2. The van der Waals surface area contributed by atoms with Crippen LogP contribution in [0.25, 0.3) is 5.69 Å². The third-order valence-corrected chi connectivity index (χ3v) is 4.32. The molecule has 1 aliphatic rings. The number of imidazole rings is 1. The lowest BCUT2D eigenvalue weighted by Crippen LogP contribution is -2.10. The van der Waals surface area contributed by atoms with Gasteiger partial charge in [0.25, 0.3) is 0 Å². The summed E-state index contributed by atoms with van der Waals surface area (Å²) in [5, 5.41) is 0. The lowest BCUT2D eigenvalue weighted by Gasteiger charge is -2.13. The van der Waals surface area contributed by atoms with Crippen LogP contribution in [-0.4, -0.2) is 21.0 Å². The van der Waals surface area contributed by atoms with Crippen LogP contribution in [0, 0.1) is 12.7 Å². The Morgan fingerprint density at radius 2 is 1.96 bits per heavy atom. The zero-order valence-electron chi connectivity index (χ0n) is 14.0. The van der Waals surface area contributed by atoms with Gasteiger partial charge >= 0.3 is 0 Å². The summed E-state index contributed by atoms with van der Waals surface area (Å²) in [6.45, 7) is 3.79. The maximum Gasteiger partial charge on any atom is 0.159 e. The number of hydrogen-bond acceptors (Lipinski definition) is 3. The Hall–Kier alpha value is -3.08. The van der Waals surface area contributed by atoms with Gasteiger partial charge in [0.15, 0.2) is 5.78 Å². The normalized spacial score (nSPS) is 12.8. The van der Waals surface area contributed by atoms with Gasteiger partial charge in [-0.2, -0.15) is 0 Å². The number of aliphatic imine (C=N–C) groups is 1. The van der Waals surface area contributed by atoms with E-state index in [1.807, 2.05) is 23.8 Å². The summed E-state index contributed by atoms with van der Waals surface area (Å²) in [5.41, 5.74) is 4.00. The molecule has 4 nitrogen and oxygen atoms in total. The van der Waals surface area contributed by atoms with Gasteiger partial charge in [0, 0.05) is 22.9 Å². The van der Waals surface area contributed by atoms with Crippen molar-refractivity contribution in [1.29, 1.82) is 0 Å². The third kappa shape index (κ3) is 2.58. The highest BCUT2D eigenvalue weighted by molar-refractivity contribution is 6.16. The largest absolute Gasteiger partial charge is 0.301 e. The van der Waals surface area contributed by atoms with Crippen LogP contribution < -0.4 is 0 Å². The van der Waals surface area contributed by atoms with Gasteiger partial charge in [-0.1, -0.05) is 12.1 Å². The van der Waals surface area contributed by atoms with Crippen LogP contribution in [0.4, 0.5) is 4.39 Å². The van der Waals surface area contributed by atoms with Crippen molar-refractivity contribution in [1.82, 2.24) is 9.55 Å². The fraction of sp³-hybridized carbons (Fsp3) is 0.150. The Bertz CT molecular complexity index is 1030. The molecule has 0 bridgehead atoms. The van der Waals surface area contributed by atoms with Gasteiger partial charge in [0.2, 0.25) is 0 Å². The van der Waals surface area contributed by atoms with Gasteiger partial charge in [0.05, 0.1) is 23.6 Å². The molecule has 0 spiro atoms. The molecule has 0 N–H and O–H groups in total. The standard InChI is InChI=1S/C20H16FN3O/c1-12-11-24-18-8-7-14(13(2)25)9-16(18)20(22-10-19(24)23-12)15-5-3-4-6-17(15)21/h3-9,11H,10H2,1-2H3. The van der Waals surface area contributed by atoms with Crippen LogP contribution in [0.1, 0.15) is 39.9 Å². The average Bonchev–Trinajstić information content (AvgIpc) is 2.90. The molecule has 0 fully saturated rings. The first kappa shape index (κ1) is 15.4. The van der Waals surface area contributed by atoms with E-state index in [2.05, 4.69) is 9.98 Å². The summed E-state index contributed by atoms with van der Waals surface area (Å²) >= 11 is 0. The molecule has 25 heavy (non-hydrogen) atoms. The van der Waals surface area contributed by atoms with Crippen LogP contribution in [0.3, 0.4) is 0 Å². The summed E-state index contributed by atoms with van der Waals surface area (Å²) < 4.78 is 16.4. The van der Waals surface area contributed by atoms with E-state index in [4.69, 9.17) is 0 Å². The number of benzene rings is 2. The Morgan fingerprint density at radius 3 is 2.72 bits per heavy atom. The minimum Gasteiger partial charge on any atom is -0.301 e. The summed E-state index contributed by atoms with van der Waals surface area (Å²) in [4.78, 5) is 21.0. The summed E-state index contributed by atoms with van der Waals surface area (Å²) in [6, 6.07) is 12.0. The number of halogens is 1. The number of ketones is 1. The molecule has 2 heterocycles. The van der Waals surface area contributed by atoms with Crippen LogP contribution in [0.2, 0.25) is 0 Å². The molecule has 0 radical (unpaired) electrons. The van der Waals surface area contributed by atoms with Crippen LogP contribution >= 0.6 is 0 Å². The first-order valence-corrected chi connectivity index (χ1v) is 8.04. The van der Waals surface area contributed by atoms with E-state index < -0.39 is 0 Å². The topological polar surface area (TPSA) is 47.2 Å². The lowest BCUT2D eigenvalue weighted by atomic mass is 9.97. The second-order valence-electron chi connectivity index (χ2n) is 6.10. The maximum atomic E-state index is 14.4. The Balaban J connectivity index is 2.02. The predicted molar refractivity (Wildman–Crippen MR) is 94.0 cm³/mol. The van der Waals surface area contributed by atoms with Crippen LogP contribution in [0.5, 0.6) is 0 Å². The van der Waals surface area contributed by atoms with Crippen molar-refractivity contribution >= 4 is 11.5 Å². The van der Waals surface area contributed by atoms with Gasteiger partial charge < -0.3 is 4.57 Å². The summed E-state index contributed by atoms with van der Waals surface area (Å²) in [7, 11) is 0. The van der Waals surface area contributed by atoms with Crippen molar-refractivity contribution in [2.24, 2.45) is 4.99 Å². The van der Waals surface area contributed by atoms with E-state index in [9.17, 15) is 9.18 Å². The first-order valence-electron chi connectivity index (χ1n) is 8.04. The minimum absolute atomic E-state index is 0.0398. The molecule has 2 aromatic carbocycles.